The van der Waals surface area contributed by atoms with Crippen LogP contribution in [0.15, 0.2) is 33.7 Å². The molecule has 2 aromatic rings. The first-order valence-corrected chi connectivity index (χ1v) is 8.12. The molecule has 0 amide bonds. The Morgan fingerprint density at radius 2 is 1.95 bits per heavy atom. The van der Waals surface area contributed by atoms with Crippen LogP contribution in [-0.4, -0.2) is 31.6 Å². The predicted octanol–water partition coefficient (Wildman–Crippen LogP) is 1.33. The van der Waals surface area contributed by atoms with Gasteiger partial charge in [0.15, 0.2) is 5.82 Å². The van der Waals surface area contributed by atoms with Gasteiger partial charge >= 0.3 is 0 Å². The van der Waals surface area contributed by atoms with E-state index in [2.05, 4.69) is 20.2 Å². The maximum Gasteiger partial charge on any atom is 0.240 e. The highest BCUT2D eigenvalue weighted by Gasteiger charge is 2.11. The van der Waals surface area contributed by atoms with Crippen molar-refractivity contribution in [3.63, 3.8) is 0 Å². The van der Waals surface area contributed by atoms with Crippen molar-refractivity contribution >= 4 is 15.7 Å². The summed E-state index contributed by atoms with van der Waals surface area (Å²) in [6, 6.07) is 6.58. The van der Waals surface area contributed by atoms with E-state index in [0.29, 0.717) is 31.2 Å². The molecule has 0 saturated carbocycles. The standard InChI is InChI=1S/C13H18N4O3S/c1-3-15-21(18,19)12-6-4-11(5-7-12)14-9-8-13-16-10(2)17-20-13/h4-7,14-15H,3,8-9H2,1-2H3. The SMILES string of the molecule is CCNS(=O)(=O)c1ccc(NCCc2nc(C)no2)cc1. The fraction of sp³-hybridized carbons (Fsp3) is 0.385. The first kappa shape index (κ1) is 15.5. The number of aromatic nitrogens is 2. The van der Waals surface area contributed by atoms with Crippen molar-refractivity contribution in [1.82, 2.24) is 14.9 Å². The van der Waals surface area contributed by atoms with Gasteiger partial charge in [-0.3, -0.25) is 0 Å². The van der Waals surface area contributed by atoms with Gasteiger partial charge in [0.1, 0.15) is 0 Å². The Labute approximate surface area is 123 Å². The molecule has 21 heavy (non-hydrogen) atoms. The number of anilines is 1. The van der Waals surface area contributed by atoms with Gasteiger partial charge in [-0.25, -0.2) is 13.1 Å². The van der Waals surface area contributed by atoms with E-state index >= 15 is 0 Å². The normalized spacial score (nSPS) is 11.5. The minimum Gasteiger partial charge on any atom is -0.385 e. The average molecular weight is 310 g/mol. The van der Waals surface area contributed by atoms with E-state index in [1.807, 2.05) is 0 Å². The highest BCUT2D eigenvalue weighted by Crippen LogP contribution is 2.13. The quantitative estimate of drug-likeness (QED) is 0.801. The third kappa shape index (κ3) is 4.27. The van der Waals surface area contributed by atoms with E-state index in [9.17, 15) is 8.42 Å². The predicted molar refractivity (Wildman–Crippen MR) is 78.5 cm³/mol. The summed E-state index contributed by atoms with van der Waals surface area (Å²) in [5.41, 5.74) is 0.835. The highest BCUT2D eigenvalue weighted by atomic mass is 32.2. The number of nitrogens with one attached hydrogen (secondary N) is 2. The molecule has 0 spiro atoms. The molecule has 0 aliphatic heterocycles. The van der Waals surface area contributed by atoms with Crippen LogP contribution in [0.3, 0.4) is 0 Å². The lowest BCUT2D eigenvalue weighted by Gasteiger charge is -2.07. The number of hydrogen-bond acceptors (Lipinski definition) is 6. The van der Waals surface area contributed by atoms with Gasteiger partial charge in [0.05, 0.1) is 4.90 Å². The van der Waals surface area contributed by atoms with Gasteiger partial charge in [0.25, 0.3) is 0 Å². The molecule has 0 aliphatic rings. The molecular formula is C13H18N4O3S. The van der Waals surface area contributed by atoms with Crippen LogP contribution in [0.5, 0.6) is 0 Å². The van der Waals surface area contributed by atoms with Gasteiger partial charge in [-0.15, -0.1) is 0 Å². The number of sulfonamides is 1. The zero-order valence-electron chi connectivity index (χ0n) is 12.0. The second-order valence-corrected chi connectivity index (χ2v) is 6.20. The lowest BCUT2D eigenvalue weighted by Crippen LogP contribution is -2.23. The van der Waals surface area contributed by atoms with Crippen LogP contribution < -0.4 is 10.0 Å². The second kappa shape index (κ2) is 6.68. The van der Waals surface area contributed by atoms with Crippen LogP contribution >= 0.6 is 0 Å². The Morgan fingerprint density at radius 3 is 2.52 bits per heavy atom. The summed E-state index contributed by atoms with van der Waals surface area (Å²) in [5, 5.41) is 6.88. The first-order valence-electron chi connectivity index (χ1n) is 6.64. The van der Waals surface area contributed by atoms with Crippen LogP contribution in [0, 0.1) is 6.92 Å². The van der Waals surface area contributed by atoms with E-state index in [0.717, 1.165) is 5.69 Å². The van der Waals surface area contributed by atoms with Crippen LogP contribution in [0.4, 0.5) is 5.69 Å². The Bertz CT molecular complexity index is 680. The molecule has 2 rings (SSSR count). The zero-order chi connectivity index (χ0) is 15.3. The van der Waals surface area contributed by atoms with Gasteiger partial charge in [0, 0.05) is 25.2 Å². The smallest absolute Gasteiger partial charge is 0.240 e. The van der Waals surface area contributed by atoms with Gasteiger partial charge in [-0.05, 0) is 31.2 Å². The molecule has 7 nitrogen and oxygen atoms in total. The van der Waals surface area contributed by atoms with Gasteiger partial charge in [-0.1, -0.05) is 12.1 Å². The molecule has 0 atom stereocenters. The summed E-state index contributed by atoms with van der Waals surface area (Å²) in [6.45, 7) is 4.50. The van der Waals surface area contributed by atoms with Crippen molar-refractivity contribution in [3.8, 4) is 0 Å². The molecule has 2 N–H and O–H groups in total. The van der Waals surface area contributed by atoms with Crippen LogP contribution in [0.25, 0.3) is 0 Å². The van der Waals surface area contributed by atoms with E-state index < -0.39 is 10.0 Å². The molecule has 0 aliphatic carbocycles. The lowest BCUT2D eigenvalue weighted by atomic mass is 10.3. The van der Waals surface area contributed by atoms with Crippen molar-refractivity contribution in [2.75, 3.05) is 18.4 Å². The molecule has 0 fully saturated rings. The summed E-state index contributed by atoms with van der Waals surface area (Å²) < 4.78 is 31.0. The molecule has 1 aromatic heterocycles. The third-order valence-electron chi connectivity index (χ3n) is 2.74. The summed E-state index contributed by atoms with van der Waals surface area (Å²) in [4.78, 5) is 4.36. The number of nitrogens with zero attached hydrogens (tertiary/aromatic N) is 2. The minimum absolute atomic E-state index is 0.252. The van der Waals surface area contributed by atoms with Crippen LogP contribution in [0.1, 0.15) is 18.6 Å². The van der Waals surface area contributed by atoms with Gasteiger partial charge in [0.2, 0.25) is 15.9 Å². The van der Waals surface area contributed by atoms with E-state index in [1.54, 1.807) is 38.1 Å². The molecule has 1 heterocycles. The average Bonchev–Trinajstić information content (AvgIpc) is 2.85. The van der Waals surface area contributed by atoms with Crippen molar-refractivity contribution in [1.29, 1.82) is 0 Å². The molecule has 1 aromatic carbocycles. The number of aryl methyl sites for hydroxylation is 1. The molecule has 0 saturated heterocycles. The number of benzene rings is 1. The lowest BCUT2D eigenvalue weighted by molar-refractivity contribution is 0.377. The molecule has 8 heteroatoms. The summed E-state index contributed by atoms with van der Waals surface area (Å²) in [7, 11) is -3.40. The maximum atomic E-state index is 11.8. The van der Waals surface area contributed by atoms with E-state index in [1.165, 1.54) is 0 Å². The molecule has 114 valence electrons. The molecule has 0 radical (unpaired) electrons. The van der Waals surface area contributed by atoms with Crippen LogP contribution in [0.2, 0.25) is 0 Å². The fourth-order valence-electron chi connectivity index (χ4n) is 1.78. The maximum absolute atomic E-state index is 11.8. The highest BCUT2D eigenvalue weighted by molar-refractivity contribution is 7.89. The van der Waals surface area contributed by atoms with Crippen molar-refractivity contribution < 1.29 is 12.9 Å². The third-order valence-corrected chi connectivity index (χ3v) is 4.30. The second-order valence-electron chi connectivity index (χ2n) is 4.44. The monoisotopic (exact) mass is 310 g/mol. The number of hydrogen-bond donors (Lipinski definition) is 2. The zero-order valence-corrected chi connectivity index (χ0v) is 12.8. The van der Waals surface area contributed by atoms with Crippen LogP contribution in [-0.2, 0) is 16.4 Å². The number of rotatable bonds is 7. The minimum atomic E-state index is -3.40. The van der Waals surface area contributed by atoms with Gasteiger partial charge < -0.3 is 9.84 Å². The summed E-state index contributed by atoms with van der Waals surface area (Å²) in [5.74, 6) is 1.19. The van der Waals surface area contributed by atoms with Crippen molar-refractivity contribution in [3.05, 3.63) is 36.0 Å². The topological polar surface area (TPSA) is 97.1 Å². The van der Waals surface area contributed by atoms with Crippen molar-refractivity contribution in [2.24, 2.45) is 0 Å². The summed E-state index contributed by atoms with van der Waals surface area (Å²) >= 11 is 0. The first-order chi connectivity index (χ1) is 10.0. The fourth-order valence-corrected chi connectivity index (χ4v) is 2.82. The van der Waals surface area contributed by atoms with E-state index in [4.69, 9.17) is 4.52 Å². The Morgan fingerprint density at radius 1 is 1.24 bits per heavy atom. The van der Waals surface area contributed by atoms with Gasteiger partial charge in [-0.2, -0.15) is 4.98 Å². The Kier molecular flexibility index (Phi) is 4.92. The summed E-state index contributed by atoms with van der Waals surface area (Å²) in [6.07, 6.45) is 0.609. The van der Waals surface area contributed by atoms with E-state index in [-0.39, 0.29) is 4.90 Å². The molecule has 0 unspecified atom stereocenters. The molecule has 0 bridgehead atoms. The Balaban J connectivity index is 1.90. The van der Waals surface area contributed by atoms with Crippen molar-refractivity contribution in [2.45, 2.75) is 25.2 Å². The molecular weight excluding hydrogens is 292 g/mol. The Hall–Kier alpha value is -1.93. The largest absolute Gasteiger partial charge is 0.385 e.